The number of rotatable bonds is 5. The molecular weight excluding hydrogens is 301 g/mol. The van der Waals surface area contributed by atoms with Gasteiger partial charge in [0, 0.05) is 6.20 Å². The lowest BCUT2D eigenvalue weighted by Crippen LogP contribution is -2.23. The molecule has 0 fully saturated rings. The first-order valence-electron chi connectivity index (χ1n) is 5.09. The number of pyridine rings is 1. The molecule has 0 aliphatic rings. The molecule has 6 nitrogen and oxygen atoms in total. The van der Waals surface area contributed by atoms with E-state index in [0.29, 0.717) is 12.3 Å². The Morgan fingerprint density at radius 1 is 1.35 bits per heavy atom. The summed E-state index contributed by atoms with van der Waals surface area (Å²) in [5, 5.41) is 10.4. The number of halogens is 3. The molecule has 0 unspecified atom stereocenters. The summed E-state index contributed by atoms with van der Waals surface area (Å²) in [5.41, 5.74) is -2.53. The maximum absolute atomic E-state index is 12.4. The maximum atomic E-state index is 12.4. The number of anilines is 1. The first-order chi connectivity index (χ1) is 9.20. The van der Waals surface area contributed by atoms with Gasteiger partial charge < -0.3 is 15.4 Å². The normalized spacial score (nSPS) is 11.2. The summed E-state index contributed by atoms with van der Waals surface area (Å²) < 4.78 is 37.3. The van der Waals surface area contributed by atoms with Crippen LogP contribution in [-0.2, 0) is 15.8 Å². The molecule has 0 aliphatic heterocycles. The van der Waals surface area contributed by atoms with Gasteiger partial charge in [0.1, 0.15) is 5.69 Å². The van der Waals surface area contributed by atoms with Gasteiger partial charge in [-0.15, -0.1) is 11.8 Å². The van der Waals surface area contributed by atoms with E-state index >= 15 is 0 Å². The summed E-state index contributed by atoms with van der Waals surface area (Å²) in [6.07, 6.45) is -4.15. The van der Waals surface area contributed by atoms with Crippen LogP contribution < -0.4 is 10.9 Å². The number of amides is 1. The van der Waals surface area contributed by atoms with Crippen LogP contribution in [0.4, 0.5) is 18.9 Å². The number of thioether (sulfide) groups is 1. The minimum absolute atomic E-state index is 0.290. The fourth-order valence-electron chi connectivity index (χ4n) is 1.16. The number of carbonyl (C=O) groups is 2. The van der Waals surface area contributed by atoms with Crippen LogP contribution in [0, 0.1) is 0 Å². The number of carboxylic acid groups (broad SMARTS) is 1. The topological polar surface area (TPSA) is 99.3 Å². The van der Waals surface area contributed by atoms with Crippen molar-refractivity contribution in [3.63, 3.8) is 0 Å². The number of alkyl halides is 3. The molecule has 0 atom stereocenters. The van der Waals surface area contributed by atoms with Gasteiger partial charge in [0.2, 0.25) is 5.91 Å². The number of carbonyl (C=O) groups excluding carboxylic acids is 1. The van der Waals surface area contributed by atoms with Gasteiger partial charge in [0.05, 0.1) is 17.1 Å². The van der Waals surface area contributed by atoms with Gasteiger partial charge in [0.15, 0.2) is 0 Å². The number of hydrogen-bond donors (Lipinski definition) is 3. The van der Waals surface area contributed by atoms with Crippen LogP contribution in [0.2, 0.25) is 0 Å². The zero-order valence-electron chi connectivity index (χ0n) is 9.78. The first kappa shape index (κ1) is 16.1. The monoisotopic (exact) mass is 310 g/mol. The van der Waals surface area contributed by atoms with Gasteiger partial charge in [-0.3, -0.25) is 14.4 Å². The minimum atomic E-state index is -4.65. The Balaban J connectivity index is 2.74. The van der Waals surface area contributed by atoms with Crippen molar-refractivity contribution in [2.24, 2.45) is 0 Å². The molecule has 110 valence electrons. The smallest absolute Gasteiger partial charge is 0.417 e. The Hall–Kier alpha value is -1.97. The average molecular weight is 310 g/mol. The molecular formula is C10H9F3N2O4S. The summed E-state index contributed by atoms with van der Waals surface area (Å²) in [6.45, 7) is 0. The first-order valence-corrected chi connectivity index (χ1v) is 6.25. The molecule has 0 bridgehead atoms. The standard InChI is InChI=1S/C10H9F3N2O4S/c11-10(12,13)5-1-6(9(19)14-2-5)15-7(16)3-20-4-8(17)18/h1-2H,3-4H2,(H,14,19)(H,15,16)(H,17,18). The average Bonchev–Trinajstić information content (AvgIpc) is 2.30. The molecule has 0 spiro atoms. The van der Waals surface area contributed by atoms with Crippen LogP contribution in [0.3, 0.4) is 0 Å². The van der Waals surface area contributed by atoms with Crippen molar-refractivity contribution in [2.45, 2.75) is 6.18 Å². The fraction of sp³-hybridized carbons (Fsp3) is 0.300. The van der Waals surface area contributed by atoms with E-state index in [1.807, 2.05) is 10.3 Å². The zero-order valence-corrected chi connectivity index (χ0v) is 10.6. The lowest BCUT2D eigenvalue weighted by molar-refractivity contribution is -0.138. The van der Waals surface area contributed by atoms with Gasteiger partial charge in [-0.2, -0.15) is 13.2 Å². The number of H-pyrrole nitrogens is 1. The number of aromatic amines is 1. The van der Waals surface area contributed by atoms with Crippen molar-refractivity contribution in [2.75, 3.05) is 16.8 Å². The summed E-state index contributed by atoms with van der Waals surface area (Å²) in [6, 6.07) is 0.512. The van der Waals surface area contributed by atoms with Crippen molar-refractivity contribution in [3.05, 3.63) is 28.2 Å². The second-order valence-corrected chi connectivity index (χ2v) is 4.55. The fourth-order valence-corrected chi connectivity index (χ4v) is 1.69. The van der Waals surface area contributed by atoms with E-state index in [1.54, 1.807) is 0 Å². The van der Waals surface area contributed by atoms with Crippen LogP contribution >= 0.6 is 11.8 Å². The summed E-state index contributed by atoms with van der Waals surface area (Å²) in [7, 11) is 0. The Bertz CT molecular complexity index is 570. The minimum Gasteiger partial charge on any atom is -0.481 e. The highest BCUT2D eigenvalue weighted by atomic mass is 32.2. The largest absolute Gasteiger partial charge is 0.481 e. The third kappa shape index (κ3) is 4.96. The quantitative estimate of drug-likeness (QED) is 0.757. The van der Waals surface area contributed by atoms with E-state index in [-0.39, 0.29) is 11.5 Å². The molecule has 0 aliphatic carbocycles. The molecule has 0 radical (unpaired) electrons. The van der Waals surface area contributed by atoms with Gasteiger partial charge in [-0.25, -0.2) is 0 Å². The number of aromatic nitrogens is 1. The number of nitrogens with one attached hydrogen (secondary N) is 2. The van der Waals surface area contributed by atoms with Crippen LogP contribution in [0.15, 0.2) is 17.1 Å². The zero-order chi connectivity index (χ0) is 15.3. The second kappa shape index (κ2) is 6.46. The van der Waals surface area contributed by atoms with Crippen molar-refractivity contribution in [1.29, 1.82) is 0 Å². The summed E-state index contributed by atoms with van der Waals surface area (Å²) >= 11 is 0.758. The van der Waals surface area contributed by atoms with Crippen LogP contribution in [0.25, 0.3) is 0 Å². The molecule has 1 aromatic rings. The number of aliphatic carboxylic acids is 1. The van der Waals surface area contributed by atoms with Crippen LogP contribution in [0.1, 0.15) is 5.56 Å². The highest BCUT2D eigenvalue weighted by molar-refractivity contribution is 8.00. The molecule has 10 heteroatoms. The van der Waals surface area contributed by atoms with Crippen molar-refractivity contribution in [1.82, 2.24) is 4.98 Å². The van der Waals surface area contributed by atoms with Crippen LogP contribution in [-0.4, -0.2) is 33.5 Å². The Kier molecular flexibility index (Phi) is 5.19. The van der Waals surface area contributed by atoms with Gasteiger partial charge in [-0.1, -0.05) is 0 Å². The van der Waals surface area contributed by atoms with E-state index in [9.17, 15) is 27.6 Å². The maximum Gasteiger partial charge on any atom is 0.417 e. The van der Waals surface area contributed by atoms with Crippen LogP contribution in [0.5, 0.6) is 0 Å². The van der Waals surface area contributed by atoms with E-state index in [1.165, 1.54) is 0 Å². The van der Waals surface area contributed by atoms with Gasteiger partial charge >= 0.3 is 12.1 Å². The molecule has 1 heterocycles. The summed E-state index contributed by atoms with van der Waals surface area (Å²) in [4.78, 5) is 34.7. The molecule has 3 N–H and O–H groups in total. The van der Waals surface area contributed by atoms with Crippen molar-refractivity contribution in [3.8, 4) is 0 Å². The van der Waals surface area contributed by atoms with E-state index in [4.69, 9.17) is 5.11 Å². The third-order valence-corrected chi connectivity index (χ3v) is 2.88. The Morgan fingerprint density at radius 3 is 2.55 bits per heavy atom. The second-order valence-electron chi connectivity index (χ2n) is 3.56. The Morgan fingerprint density at radius 2 is 2.00 bits per heavy atom. The highest BCUT2D eigenvalue weighted by Crippen LogP contribution is 2.29. The predicted octanol–water partition coefficient (Wildman–Crippen LogP) is 1.15. The number of hydrogen-bond acceptors (Lipinski definition) is 4. The Labute approximate surface area is 114 Å². The van der Waals surface area contributed by atoms with Crippen molar-refractivity contribution < 1.29 is 27.9 Å². The molecule has 0 aromatic carbocycles. The molecule has 20 heavy (non-hydrogen) atoms. The number of carboxylic acids is 1. The van der Waals surface area contributed by atoms with Crippen molar-refractivity contribution >= 4 is 29.3 Å². The molecule has 1 rings (SSSR count). The SMILES string of the molecule is O=C(O)CSCC(=O)Nc1cc(C(F)(F)F)c[nH]c1=O. The lowest BCUT2D eigenvalue weighted by atomic mass is 10.2. The molecule has 1 aromatic heterocycles. The van der Waals surface area contributed by atoms with Gasteiger partial charge in [0.25, 0.3) is 5.56 Å². The summed E-state index contributed by atoms with van der Waals surface area (Å²) in [5.74, 6) is -2.50. The lowest BCUT2D eigenvalue weighted by Gasteiger charge is -2.08. The highest BCUT2D eigenvalue weighted by Gasteiger charge is 2.31. The van der Waals surface area contributed by atoms with Gasteiger partial charge in [-0.05, 0) is 6.07 Å². The molecule has 1 amide bonds. The van der Waals surface area contributed by atoms with E-state index in [0.717, 1.165) is 11.8 Å². The predicted molar refractivity (Wildman–Crippen MR) is 65.7 cm³/mol. The molecule has 0 saturated heterocycles. The van der Waals surface area contributed by atoms with E-state index in [2.05, 4.69) is 0 Å². The van der Waals surface area contributed by atoms with E-state index < -0.39 is 34.9 Å². The third-order valence-electron chi connectivity index (χ3n) is 1.96. The molecule has 0 saturated carbocycles.